The van der Waals surface area contributed by atoms with Crippen LogP contribution in [0.25, 0.3) is 11.1 Å². The zero-order valence-corrected chi connectivity index (χ0v) is 19.8. The number of carbonyl (C=O) groups is 3. The highest BCUT2D eigenvalue weighted by atomic mass is 16.5. The van der Waals surface area contributed by atoms with E-state index in [9.17, 15) is 14.4 Å². The van der Waals surface area contributed by atoms with Crippen LogP contribution in [0.15, 0.2) is 48.5 Å². The molecule has 8 nitrogen and oxygen atoms in total. The van der Waals surface area contributed by atoms with Crippen LogP contribution in [0.2, 0.25) is 0 Å². The van der Waals surface area contributed by atoms with Crippen molar-refractivity contribution in [2.24, 2.45) is 0 Å². The molecule has 0 saturated heterocycles. The molecule has 0 fully saturated rings. The molecule has 0 aliphatic heterocycles. The second-order valence-corrected chi connectivity index (χ2v) is 8.78. The molecule has 3 rings (SSSR count). The second-order valence-electron chi connectivity index (χ2n) is 8.78. The van der Waals surface area contributed by atoms with Gasteiger partial charge in [0, 0.05) is 25.4 Å². The molecular weight excluding hydrogens is 434 g/mol. The number of carboxylic acids is 1. The molecule has 0 aromatic heterocycles. The second kappa shape index (κ2) is 12.2. The van der Waals surface area contributed by atoms with E-state index in [1.807, 2.05) is 43.3 Å². The van der Waals surface area contributed by atoms with E-state index >= 15 is 0 Å². The predicted octanol–water partition coefficient (Wildman–Crippen LogP) is 3.22. The molecule has 34 heavy (non-hydrogen) atoms. The number of ether oxygens (including phenoxy) is 1. The van der Waals surface area contributed by atoms with E-state index in [1.165, 1.54) is 0 Å². The maximum absolute atomic E-state index is 12.6. The number of aliphatic carboxylic acids is 1. The monoisotopic (exact) mass is 467 g/mol. The van der Waals surface area contributed by atoms with Gasteiger partial charge in [-0.15, -0.1) is 0 Å². The third kappa shape index (κ3) is 6.81. The number of nitrogens with zero attached hydrogens (tertiary/aromatic N) is 1. The van der Waals surface area contributed by atoms with Crippen LogP contribution in [0.3, 0.4) is 0 Å². The standard InChI is InChI=1S/C26H33N3O5/c1-29(2)16-23(25(32)27-15-9-3-4-14-24(30)31)28-26(33)34-17-22-20-12-7-5-10-18(20)19-11-6-8-13-21(19)22/h5-8,10-13,22-23H,3-4,9,14-17H2,1-2H3,(H,27,32)(H,28,33)(H,30,31). The molecule has 1 atom stereocenters. The number of carboxylic acid groups (broad SMARTS) is 1. The van der Waals surface area contributed by atoms with Crippen LogP contribution in [0.4, 0.5) is 4.79 Å². The van der Waals surface area contributed by atoms with Gasteiger partial charge in [-0.1, -0.05) is 55.0 Å². The van der Waals surface area contributed by atoms with Crippen molar-refractivity contribution < 1.29 is 24.2 Å². The van der Waals surface area contributed by atoms with Gasteiger partial charge in [0.1, 0.15) is 12.6 Å². The first-order valence-corrected chi connectivity index (χ1v) is 11.6. The molecule has 0 radical (unpaired) electrons. The molecule has 182 valence electrons. The molecule has 1 unspecified atom stereocenters. The molecular formula is C26H33N3O5. The Balaban J connectivity index is 1.53. The van der Waals surface area contributed by atoms with Crippen molar-refractivity contribution in [3.63, 3.8) is 0 Å². The van der Waals surface area contributed by atoms with E-state index in [4.69, 9.17) is 9.84 Å². The number of amides is 2. The van der Waals surface area contributed by atoms with Crippen LogP contribution in [-0.4, -0.2) is 67.8 Å². The zero-order chi connectivity index (χ0) is 24.5. The Morgan fingerprint density at radius 2 is 1.59 bits per heavy atom. The van der Waals surface area contributed by atoms with Gasteiger partial charge in [-0.25, -0.2) is 4.79 Å². The van der Waals surface area contributed by atoms with Gasteiger partial charge < -0.3 is 25.4 Å². The number of rotatable bonds is 12. The smallest absolute Gasteiger partial charge is 0.407 e. The van der Waals surface area contributed by atoms with Crippen molar-refractivity contribution in [3.8, 4) is 11.1 Å². The minimum absolute atomic E-state index is 0.0509. The first-order chi connectivity index (χ1) is 16.4. The Kier molecular flexibility index (Phi) is 9.04. The molecule has 3 N–H and O–H groups in total. The Morgan fingerprint density at radius 1 is 0.971 bits per heavy atom. The third-order valence-corrected chi connectivity index (χ3v) is 5.87. The highest BCUT2D eigenvalue weighted by Crippen LogP contribution is 2.44. The van der Waals surface area contributed by atoms with E-state index in [-0.39, 0.29) is 24.9 Å². The lowest BCUT2D eigenvalue weighted by atomic mass is 9.98. The van der Waals surface area contributed by atoms with Gasteiger partial charge in [0.15, 0.2) is 0 Å². The molecule has 0 heterocycles. The van der Waals surface area contributed by atoms with Crippen LogP contribution in [0, 0.1) is 0 Å². The normalized spacial score (nSPS) is 13.1. The first kappa shape index (κ1) is 25.2. The lowest BCUT2D eigenvalue weighted by molar-refractivity contribution is -0.137. The molecule has 0 saturated carbocycles. The Morgan fingerprint density at radius 3 is 2.18 bits per heavy atom. The summed E-state index contributed by atoms with van der Waals surface area (Å²) in [5.74, 6) is -1.16. The van der Waals surface area contributed by atoms with Crippen molar-refractivity contribution in [2.45, 2.75) is 37.6 Å². The SMILES string of the molecule is CN(C)CC(NC(=O)OCC1c2ccccc2-c2ccccc21)C(=O)NCCCCCC(=O)O. The fraction of sp³-hybridized carbons (Fsp3) is 0.423. The van der Waals surface area contributed by atoms with E-state index in [0.717, 1.165) is 22.3 Å². The van der Waals surface area contributed by atoms with Crippen molar-refractivity contribution in [1.29, 1.82) is 0 Å². The van der Waals surface area contributed by atoms with E-state index < -0.39 is 18.1 Å². The van der Waals surface area contributed by atoms with Crippen LogP contribution < -0.4 is 10.6 Å². The number of hydrogen-bond acceptors (Lipinski definition) is 5. The van der Waals surface area contributed by atoms with Crippen LogP contribution in [-0.2, 0) is 14.3 Å². The van der Waals surface area contributed by atoms with Crippen molar-refractivity contribution in [1.82, 2.24) is 15.5 Å². The van der Waals surface area contributed by atoms with Gasteiger partial charge in [-0.2, -0.15) is 0 Å². The van der Waals surface area contributed by atoms with Gasteiger partial charge in [0.05, 0.1) is 0 Å². The van der Waals surface area contributed by atoms with Gasteiger partial charge in [-0.05, 0) is 49.2 Å². The molecule has 8 heteroatoms. The molecule has 2 aromatic carbocycles. The summed E-state index contributed by atoms with van der Waals surface area (Å²) in [4.78, 5) is 37.6. The number of alkyl carbamates (subject to hydrolysis) is 1. The molecule has 2 amide bonds. The number of unbranched alkanes of at least 4 members (excludes halogenated alkanes) is 2. The van der Waals surface area contributed by atoms with E-state index in [1.54, 1.807) is 0 Å². The summed E-state index contributed by atoms with van der Waals surface area (Å²) < 4.78 is 5.58. The average Bonchev–Trinajstić information content (AvgIpc) is 3.12. The predicted molar refractivity (Wildman–Crippen MR) is 130 cm³/mol. The van der Waals surface area contributed by atoms with Crippen LogP contribution in [0.5, 0.6) is 0 Å². The van der Waals surface area contributed by atoms with Gasteiger partial charge in [-0.3, -0.25) is 9.59 Å². The van der Waals surface area contributed by atoms with Crippen molar-refractivity contribution in [2.75, 3.05) is 33.8 Å². The summed E-state index contributed by atoms with van der Waals surface area (Å²) in [6.45, 7) is 0.934. The number of carbonyl (C=O) groups excluding carboxylic acids is 2. The molecule has 0 bridgehead atoms. The highest BCUT2D eigenvalue weighted by Gasteiger charge is 2.29. The first-order valence-electron chi connectivity index (χ1n) is 11.6. The molecule has 2 aromatic rings. The van der Waals surface area contributed by atoms with Crippen molar-refractivity contribution >= 4 is 18.0 Å². The fourth-order valence-electron chi connectivity index (χ4n) is 4.25. The number of nitrogens with one attached hydrogen (secondary N) is 2. The molecule has 1 aliphatic rings. The van der Waals surface area contributed by atoms with Gasteiger partial charge in [0.25, 0.3) is 0 Å². The summed E-state index contributed by atoms with van der Waals surface area (Å²) in [5.41, 5.74) is 4.56. The van der Waals surface area contributed by atoms with Crippen molar-refractivity contribution in [3.05, 3.63) is 59.7 Å². The van der Waals surface area contributed by atoms with Crippen LogP contribution >= 0.6 is 0 Å². The largest absolute Gasteiger partial charge is 0.481 e. The Labute approximate surface area is 200 Å². The summed E-state index contributed by atoms with van der Waals surface area (Å²) in [6.07, 6.45) is 1.46. The number of hydrogen-bond donors (Lipinski definition) is 3. The number of benzene rings is 2. The topological polar surface area (TPSA) is 108 Å². The lowest BCUT2D eigenvalue weighted by Gasteiger charge is -2.22. The van der Waals surface area contributed by atoms with Gasteiger partial charge in [0.2, 0.25) is 5.91 Å². The summed E-state index contributed by atoms with van der Waals surface area (Å²) in [7, 11) is 3.65. The minimum atomic E-state index is -0.817. The maximum atomic E-state index is 12.6. The third-order valence-electron chi connectivity index (χ3n) is 5.87. The zero-order valence-electron chi connectivity index (χ0n) is 19.8. The minimum Gasteiger partial charge on any atom is -0.481 e. The molecule has 0 spiro atoms. The van der Waals surface area contributed by atoms with Crippen LogP contribution in [0.1, 0.15) is 42.7 Å². The highest BCUT2D eigenvalue weighted by molar-refractivity contribution is 5.86. The number of fused-ring (bicyclic) bond motifs is 3. The number of likely N-dealkylation sites (N-methyl/N-ethyl adjacent to an activating group) is 1. The fourth-order valence-corrected chi connectivity index (χ4v) is 4.25. The van der Waals surface area contributed by atoms with E-state index in [2.05, 4.69) is 34.9 Å². The van der Waals surface area contributed by atoms with E-state index in [0.29, 0.717) is 32.4 Å². The quantitative estimate of drug-likeness (QED) is 0.414. The maximum Gasteiger partial charge on any atom is 0.407 e. The summed E-state index contributed by atoms with van der Waals surface area (Å²) >= 11 is 0. The average molecular weight is 468 g/mol. The van der Waals surface area contributed by atoms with Gasteiger partial charge >= 0.3 is 12.1 Å². The summed E-state index contributed by atoms with van der Waals surface area (Å²) in [6, 6.07) is 15.5. The lowest BCUT2D eigenvalue weighted by Crippen LogP contribution is -2.52. The molecule has 1 aliphatic carbocycles. The Bertz CT molecular complexity index is 962. The summed E-state index contributed by atoms with van der Waals surface area (Å²) in [5, 5.41) is 14.2. The Hall–Kier alpha value is -3.39.